The molecule has 103 valence electrons. The molecule has 4 heteroatoms. The molecule has 0 unspecified atom stereocenters. The lowest BCUT2D eigenvalue weighted by molar-refractivity contribution is 0.0911. The molecule has 1 aromatic carbocycles. The molecular weight excluding hydrogens is 243 g/mol. The van der Waals surface area contributed by atoms with Crippen molar-refractivity contribution in [3.05, 3.63) is 42.6 Å². The number of nitrogens with zero attached hydrogens (tertiary/aromatic N) is 1. The van der Waals surface area contributed by atoms with Gasteiger partial charge < -0.3 is 10.2 Å². The van der Waals surface area contributed by atoms with Gasteiger partial charge in [0, 0.05) is 24.7 Å². The van der Waals surface area contributed by atoms with Gasteiger partial charge >= 0.3 is 0 Å². The summed E-state index contributed by atoms with van der Waals surface area (Å²) in [6, 6.07) is 5.88. The van der Waals surface area contributed by atoms with E-state index in [1.807, 2.05) is 0 Å². The molecule has 3 nitrogen and oxygen atoms in total. The van der Waals surface area contributed by atoms with Gasteiger partial charge in [0.15, 0.2) is 0 Å². The van der Waals surface area contributed by atoms with Crippen LogP contribution in [0.3, 0.4) is 0 Å². The summed E-state index contributed by atoms with van der Waals surface area (Å²) in [5, 5.41) is 3.01. The van der Waals surface area contributed by atoms with Crippen molar-refractivity contribution in [1.82, 2.24) is 10.2 Å². The quantitative estimate of drug-likeness (QED) is 0.903. The van der Waals surface area contributed by atoms with Crippen LogP contribution in [0.25, 0.3) is 0 Å². The number of halogens is 1. The predicted octanol–water partition coefficient (Wildman–Crippen LogP) is 2.24. The van der Waals surface area contributed by atoms with E-state index in [0.29, 0.717) is 5.56 Å². The number of amides is 1. The van der Waals surface area contributed by atoms with Crippen molar-refractivity contribution in [1.29, 1.82) is 0 Å². The normalized spacial score (nSPS) is 17.4. The number of benzene rings is 1. The van der Waals surface area contributed by atoms with Gasteiger partial charge in [0.05, 0.1) is 0 Å². The first-order chi connectivity index (χ1) is 9.19. The molecule has 2 rings (SSSR count). The molecule has 19 heavy (non-hydrogen) atoms. The van der Waals surface area contributed by atoms with Crippen molar-refractivity contribution in [2.75, 3.05) is 19.6 Å². The standard InChI is InChI=1S/C15H20FN2O/c1-2-9-18-10-7-14(8-11-18)17-15(19)12-3-5-13(16)6-4-12/h3-6,14H,1-2,7-11H2,(H,17,19). The maximum absolute atomic E-state index is 12.8. The van der Waals surface area contributed by atoms with Crippen molar-refractivity contribution in [2.24, 2.45) is 0 Å². The SMILES string of the molecule is [CH2]CCN1CCC(NC(=O)c2ccc(F)cc2)CC1. The Kier molecular flexibility index (Phi) is 4.91. The minimum Gasteiger partial charge on any atom is -0.349 e. The van der Waals surface area contributed by atoms with E-state index >= 15 is 0 Å². The largest absolute Gasteiger partial charge is 0.349 e. The van der Waals surface area contributed by atoms with Gasteiger partial charge in [0.25, 0.3) is 5.91 Å². The summed E-state index contributed by atoms with van der Waals surface area (Å²) in [6.07, 6.45) is 2.85. The van der Waals surface area contributed by atoms with Crippen LogP contribution in [0.15, 0.2) is 24.3 Å². The summed E-state index contributed by atoms with van der Waals surface area (Å²) in [4.78, 5) is 14.3. The summed E-state index contributed by atoms with van der Waals surface area (Å²) in [5.41, 5.74) is 0.515. The number of hydrogen-bond donors (Lipinski definition) is 1. The third-order valence-electron chi connectivity index (χ3n) is 3.50. The van der Waals surface area contributed by atoms with Crippen molar-refractivity contribution in [3.8, 4) is 0 Å². The maximum atomic E-state index is 12.8. The molecule has 0 atom stereocenters. The molecule has 0 aromatic heterocycles. The molecular formula is C15H20FN2O. The summed E-state index contributed by atoms with van der Waals surface area (Å²) < 4.78 is 12.8. The van der Waals surface area contributed by atoms with E-state index < -0.39 is 0 Å². The molecule has 1 aromatic rings. The summed E-state index contributed by atoms with van der Waals surface area (Å²) >= 11 is 0. The highest BCUT2D eigenvalue weighted by Gasteiger charge is 2.20. The molecule has 1 radical (unpaired) electrons. The molecule has 1 heterocycles. The highest BCUT2D eigenvalue weighted by atomic mass is 19.1. The van der Waals surface area contributed by atoms with E-state index in [-0.39, 0.29) is 17.8 Å². The van der Waals surface area contributed by atoms with Gasteiger partial charge in [-0.15, -0.1) is 0 Å². The zero-order valence-corrected chi connectivity index (χ0v) is 11.1. The van der Waals surface area contributed by atoms with Gasteiger partial charge in [-0.2, -0.15) is 0 Å². The lowest BCUT2D eigenvalue weighted by Crippen LogP contribution is -2.44. The lowest BCUT2D eigenvalue weighted by Gasteiger charge is -2.32. The van der Waals surface area contributed by atoms with Crippen LogP contribution in [-0.4, -0.2) is 36.5 Å². The van der Waals surface area contributed by atoms with E-state index in [9.17, 15) is 9.18 Å². The number of carbonyl (C=O) groups excluding carboxylic acids is 1. The number of carbonyl (C=O) groups is 1. The fraction of sp³-hybridized carbons (Fsp3) is 0.467. The van der Waals surface area contributed by atoms with E-state index in [2.05, 4.69) is 17.1 Å². The zero-order chi connectivity index (χ0) is 13.7. The Morgan fingerprint density at radius 1 is 1.32 bits per heavy atom. The van der Waals surface area contributed by atoms with Crippen LogP contribution in [0, 0.1) is 12.7 Å². The molecule has 1 aliphatic rings. The highest BCUT2D eigenvalue weighted by Crippen LogP contribution is 2.11. The molecule has 1 aliphatic heterocycles. The predicted molar refractivity (Wildman–Crippen MR) is 73.3 cm³/mol. The highest BCUT2D eigenvalue weighted by molar-refractivity contribution is 5.94. The van der Waals surface area contributed by atoms with Crippen LogP contribution in [0.5, 0.6) is 0 Å². The molecule has 1 amide bonds. The van der Waals surface area contributed by atoms with E-state index in [0.717, 1.165) is 38.9 Å². The third kappa shape index (κ3) is 4.03. The number of piperidine rings is 1. The van der Waals surface area contributed by atoms with Gasteiger partial charge in [0.2, 0.25) is 0 Å². The number of likely N-dealkylation sites (tertiary alicyclic amines) is 1. The molecule has 0 spiro atoms. The van der Waals surface area contributed by atoms with Crippen LogP contribution in [0.4, 0.5) is 4.39 Å². The molecule has 0 bridgehead atoms. The fourth-order valence-corrected chi connectivity index (χ4v) is 2.39. The van der Waals surface area contributed by atoms with Crippen molar-refractivity contribution >= 4 is 5.91 Å². The van der Waals surface area contributed by atoms with E-state index in [1.165, 1.54) is 24.3 Å². The van der Waals surface area contributed by atoms with E-state index in [4.69, 9.17) is 0 Å². The monoisotopic (exact) mass is 263 g/mol. The third-order valence-corrected chi connectivity index (χ3v) is 3.50. The van der Waals surface area contributed by atoms with Crippen molar-refractivity contribution < 1.29 is 9.18 Å². The summed E-state index contributed by atoms with van der Waals surface area (Å²) in [6.45, 7) is 6.89. The molecule has 1 fully saturated rings. The number of rotatable bonds is 4. The summed E-state index contributed by atoms with van der Waals surface area (Å²) in [7, 11) is 0. The van der Waals surface area contributed by atoms with Crippen LogP contribution in [0.1, 0.15) is 29.6 Å². The Morgan fingerprint density at radius 2 is 1.95 bits per heavy atom. The number of hydrogen-bond acceptors (Lipinski definition) is 2. The molecule has 1 N–H and O–H groups in total. The second-order valence-electron chi connectivity index (χ2n) is 4.95. The van der Waals surface area contributed by atoms with Crippen LogP contribution >= 0.6 is 0 Å². The van der Waals surface area contributed by atoms with Gasteiger partial charge in [-0.1, -0.05) is 6.92 Å². The second kappa shape index (κ2) is 6.66. The van der Waals surface area contributed by atoms with Crippen molar-refractivity contribution in [2.45, 2.75) is 25.3 Å². The Hall–Kier alpha value is -1.42. The van der Waals surface area contributed by atoms with Crippen LogP contribution in [-0.2, 0) is 0 Å². The minimum atomic E-state index is -0.321. The Bertz CT molecular complexity index is 411. The van der Waals surface area contributed by atoms with E-state index in [1.54, 1.807) is 0 Å². The first-order valence-corrected chi connectivity index (χ1v) is 6.77. The minimum absolute atomic E-state index is 0.115. The Morgan fingerprint density at radius 3 is 2.53 bits per heavy atom. The van der Waals surface area contributed by atoms with Gasteiger partial charge in [-0.25, -0.2) is 4.39 Å². The maximum Gasteiger partial charge on any atom is 0.251 e. The van der Waals surface area contributed by atoms with Gasteiger partial charge in [-0.3, -0.25) is 4.79 Å². The van der Waals surface area contributed by atoms with Crippen LogP contribution < -0.4 is 5.32 Å². The molecule has 0 saturated carbocycles. The fourth-order valence-electron chi connectivity index (χ4n) is 2.39. The summed E-state index contributed by atoms with van der Waals surface area (Å²) in [5.74, 6) is -0.436. The van der Waals surface area contributed by atoms with Crippen LogP contribution in [0.2, 0.25) is 0 Å². The average Bonchev–Trinajstić information content (AvgIpc) is 2.42. The second-order valence-corrected chi connectivity index (χ2v) is 4.95. The molecule has 0 aliphatic carbocycles. The van der Waals surface area contributed by atoms with Gasteiger partial charge in [0.1, 0.15) is 5.82 Å². The smallest absolute Gasteiger partial charge is 0.251 e. The first kappa shape index (κ1) is 14.0. The first-order valence-electron chi connectivity index (χ1n) is 6.77. The Balaban J connectivity index is 1.82. The topological polar surface area (TPSA) is 32.3 Å². The Labute approximate surface area is 113 Å². The zero-order valence-electron chi connectivity index (χ0n) is 11.1. The lowest BCUT2D eigenvalue weighted by atomic mass is 10.0. The number of nitrogens with one attached hydrogen (secondary N) is 1. The van der Waals surface area contributed by atoms with Crippen molar-refractivity contribution in [3.63, 3.8) is 0 Å². The molecule has 1 saturated heterocycles. The average molecular weight is 263 g/mol. The van der Waals surface area contributed by atoms with Gasteiger partial charge in [-0.05, 0) is 50.1 Å².